The molecule has 0 bridgehead atoms. The molecular formula is C13H18N4O2S. The van der Waals surface area contributed by atoms with E-state index in [9.17, 15) is 8.42 Å². The molecule has 2 heterocycles. The first-order valence-electron chi connectivity index (χ1n) is 6.25. The third-order valence-electron chi connectivity index (χ3n) is 3.23. The van der Waals surface area contributed by atoms with Crippen molar-refractivity contribution in [2.75, 3.05) is 0 Å². The number of rotatable bonds is 4. The molecule has 0 saturated carbocycles. The summed E-state index contributed by atoms with van der Waals surface area (Å²) in [6, 6.07) is 3.26. The Morgan fingerprint density at radius 1 is 1.35 bits per heavy atom. The lowest BCUT2D eigenvalue weighted by molar-refractivity contribution is 0.565. The van der Waals surface area contributed by atoms with Crippen LogP contribution in [0.3, 0.4) is 0 Å². The van der Waals surface area contributed by atoms with Crippen LogP contribution in [0.2, 0.25) is 0 Å². The molecule has 1 N–H and O–H groups in total. The normalized spacial score (nSPS) is 13.4. The number of pyridine rings is 1. The lowest BCUT2D eigenvalue weighted by Crippen LogP contribution is -2.27. The van der Waals surface area contributed by atoms with Gasteiger partial charge in [-0.15, -0.1) is 0 Å². The van der Waals surface area contributed by atoms with Gasteiger partial charge in [0.2, 0.25) is 10.0 Å². The maximum absolute atomic E-state index is 12.5. The van der Waals surface area contributed by atoms with Gasteiger partial charge in [0.05, 0.1) is 11.4 Å². The largest absolute Gasteiger partial charge is 0.271 e. The second-order valence-electron chi connectivity index (χ2n) is 4.75. The third-order valence-corrected chi connectivity index (χ3v) is 5.02. The molecule has 0 aromatic carbocycles. The van der Waals surface area contributed by atoms with Crippen molar-refractivity contribution < 1.29 is 8.42 Å². The molecule has 2 rings (SSSR count). The molecule has 6 nitrogen and oxygen atoms in total. The van der Waals surface area contributed by atoms with E-state index in [1.807, 2.05) is 6.07 Å². The van der Waals surface area contributed by atoms with Gasteiger partial charge in [-0.3, -0.25) is 9.67 Å². The minimum absolute atomic E-state index is 0.246. The summed E-state index contributed by atoms with van der Waals surface area (Å²) in [5, 5.41) is 4.14. The minimum Gasteiger partial charge on any atom is -0.271 e. The molecule has 0 spiro atoms. The van der Waals surface area contributed by atoms with E-state index in [0.29, 0.717) is 11.4 Å². The fourth-order valence-electron chi connectivity index (χ4n) is 2.13. The van der Waals surface area contributed by atoms with Gasteiger partial charge in [-0.2, -0.15) is 5.10 Å². The van der Waals surface area contributed by atoms with E-state index in [1.165, 1.54) is 0 Å². The molecule has 108 valence electrons. The summed E-state index contributed by atoms with van der Waals surface area (Å²) in [6.45, 7) is 5.22. The second kappa shape index (κ2) is 5.34. The highest BCUT2D eigenvalue weighted by Gasteiger charge is 2.25. The first-order valence-corrected chi connectivity index (χ1v) is 7.73. The molecule has 0 aliphatic heterocycles. The summed E-state index contributed by atoms with van der Waals surface area (Å²) < 4.78 is 29.2. The number of nitrogens with one attached hydrogen (secondary N) is 1. The summed E-state index contributed by atoms with van der Waals surface area (Å²) in [6.07, 6.45) is 3.30. The van der Waals surface area contributed by atoms with E-state index in [1.54, 1.807) is 51.0 Å². The molecular weight excluding hydrogens is 276 g/mol. The fourth-order valence-corrected chi connectivity index (χ4v) is 3.81. The zero-order chi connectivity index (χ0) is 14.9. The van der Waals surface area contributed by atoms with E-state index >= 15 is 0 Å². The fraction of sp³-hybridized carbons (Fsp3) is 0.385. The molecule has 0 fully saturated rings. The maximum atomic E-state index is 12.5. The van der Waals surface area contributed by atoms with Gasteiger partial charge in [0, 0.05) is 25.5 Å². The highest BCUT2D eigenvalue weighted by molar-refractivity contribution is 7.89. The Bertz CT molecular complexity index is 707. The van der Waals surface area contributed by atoms with Gasteiger partial charge >= 0.3 is 0 Å². The molecule has 20 heavy (non-hydrogen) atoms. The quantitative estimate of drug-likeness (QED) is 0.926. The van der Waals surface area contributed by atoms with Gasteiger partial charge in [0.25, 0.3) is 0 Å². The van der Waals surface area contributed by atoms with Crippen molar-refractivity contribution in [3.8, 4) is 0 Å². The van der Waals surface area contributed by atoms with E-state index in [-0.39, 0.29) is 10.9 Å². The molecule has 2 aromatic rings. The van der Waals surface area contributed by atoms with Crippen molar-refractivity contribution >= 4 is 10.0 Å². The van der Waals surface area contributed by atoms with Gasteiger partial charge < -0.3 is 0 Å². The van der Waals surface area contributed by atoms with Gasteiger partial charge in [0.1, 0.15) is 4.90 Å². The van der Waals surface area contributed by atoms with Gasteiger partial charge in [-0.05, 0) is 32.4 Å². The highest BCUT2D eigenvalue weighted by Crippen LogP contribution is 2.21. The lowest BCUT2D eigenvalue weighted by Gasteiger charge is -2.14. The Morgan fingerprint density at radius 2 is 2.05 bits per heavy atom. The number of aromatic nitrogens is 3. The average Bonchev–Trinajstić information content (AvgIpc) is 2.64. The van der Waals surface area contributed by atoms with Crippen LogP contribution in [0.4, 0.5) is 0 Å². The Labute approximate surface area is 118 Å². The summed E-state index contributed by atoms with van der Waals surface area (Å²) in [7, 11) is -1.88. The summed E-state index contributed by atoms with van der Waals surface area (Å²) in [4.78, 5) is 4.24. The average molecular weight is 294 g/mol. The molecule has 0 saturated heterocycles. The van der Waals surface area contributed by atoms with Crippen LogP contribution in [0.5, 0.6) is 0 Å². The van der Waals surface area contributed by atoms with Crippen LogP contribution in [0.1, 0.15) is 29.9 Å². The van der Waals surface area contributed by atoms with Crippen LogP contribution in [0.15, 0.2) is 29.4 Å². The predicted octanol–water partition coefficient (Wildman–Crippen LogP) is 1.47. The number of hydrogen-bond donors (Lipinski definition) is 1. The molecule has 0 radical (unpaired) electrons. The van der Waals surface area contributed by atoms with Crippen molar-refractivity contribution in [2.45, 2.75) is 31.7 Å². The SMILES string of the molecule is Cc1nn(C)c(C)c1S(=O)(=O)N[C@H](C)c1cccnc1. The second-order valence-corrected chi connectivity index (χ2v) is 6.40. The predicted molar refractivity (Wildman–Crippen MR) is 75.7 cm³/mol. The van der Waals surface area contributed by atoms with Crippen molar-refractivity contribution in [3.63, 3.8) is 0 Å². The Balaban J connectivity index is 2.33. The number of aryl methyl sites for hydroxylation is 2. The first kappa shape index (κ1) is 14.7. The summed E-state index contributed by atoms with van der Waals surface area (Å²) >= 11 is 0. The minimum atomic E-state index is -3.61. The molecule has 7 heteroatoms. The molecule has 0 amide bonds. The van der Waals surface area contributed by atoms with Gasteiger partial charge in [0.15, 0.2) is 0 Å². The van der Waals surface area contributed by atoms with Crippen LogP contribution in [0.25, 0.3) is 0 Å². The maximum Gasteiger partial charge on any atom is 0.244 e. The van der Waals surface area contributed by atoms with Crippen molar-refractivity contribution in [3.05, 3.63) is 41.5 Å². The van der Waals surface area contributed by atoms with Crippen molar-refractivity contribution in [1.29, 1.82) is 0 Å². The molecule has 2 aromatic heterocycles. The topological polar surface area (TPSA) is 76.9 Å². The smallest absolute Gasteiger partial charge is 0.244 e. The number of sulfonamides is 1. The van der Waals surface area contributed by atoms with E-state index in [4.69, 9.17) is 0 Å². The first-order chi connectivity index (χ1) is 9.33. The van der Waals surface area contributed by atoms with E-state index < -0.39 is 10.0 Å². The standard InChI is InChI=1S/C13H18N4O2S/c1-9(12-6-5-7-14-8-12)16-20(18,19)13-10(2)15-17(4)11(13)3/h5-9,16H,1-4H3/t9-/m1/s1. The van der Waals surface area contributed by atoms with E-state index in [0.717, 1.165) is 5.56 Å². The van der Waals surface area contributed by atoms with Gasteiger partial charge in [-0.1, -0.05) is 6.07 Å². The van der Waals surface area contributed by atoms with Crippen molar-refractivity contribution in [1.82, 2.24) is 19.5 Å². The number of hydrogen-bond acceptors (Lipinski definition) is 4. The zero-order valence-corrected chi connectivity index (χ0v) is 12.8. The molecule has 0 aliphatic rings. The van der Waals surface area contributed by atoms with Crippen LogP contribution >= 0.6 is 0 Å². The van der Waals surface area contributed by atoms with Crippen molar-refractivity contribution in [2.24, 2.45) is 7.05 Å². The van der Waals surface area contributed by atoms with Crippen LogP contribution < -0.4 is 4.72 Å². The summed E-state index contributed by atoms with van der Waals surface area (Å²) in [5.74, 6) is 0. The van der Waals surface area contributed by atoms with Crippen LogP contribution in [0, 0.1) is 13.8 Å². The zero-order valence-electron chi connectivity index (χ0n) is 12.0. The Morgan fingerprint density at radius 3 is 2.55 bits per heavy atom. The molecule has 0 unspecified atom stereocenters. The molecule has 1 atom stereocenters. The third kappa shape index (κ3) is 2.73. The molecule has 0 aliphatic carbocycles. The Kier molecular flexibility index (Phi) is 3.92. The van der Waals surface area contributed by atoms with Gasteiger partial charge in [-0.25, -0.2) is 13.1 Å². The summed E-state index contributed by atoms with van der Waals surface area (Å²) in [5.41, 5.74) is 1.93. The van der Waals surface area contributed by atoms with E-state index in [2.05, 4.69) is 14.8 Å². The number of nitrogens with zero attached hydrogens (tertiary/aromatic N) is 3. The Hall–Kier alpha value is -1.73. The van der Waals surface area contributed by atoms with Crippen LogP contribution in [-0.4, -0.2) is 23.2 Å². The lowest BCUT2D eigenvalue weighted by atomic mass is 10.2. The monoisotopic (exact) mass is 294 g/mol. The highest BCUT2D eigenvalue weighted by atomic mass is 32.2. The van der Waals surface area contributed by atoms with Crippen LogP contribution in [-0.2, 0) is 17.1 Å².